The van der Waals surface area contributed by atoms with Crippen molar-refractivity contribution in [1.29, 1.82) is 0 Å². The van der Waals surface area contributed by atoms with E-state index in [4.69, 9.17) is 0 Å². The van der Waals surface area contributed by atoms with E-state index < -0.39 is 0 Å². The number of nitrogens with one attached hydrogen (secondary N) is 2. The van der Waals surface area contributed by atoms with Crippen molar-refractivity contribution in [2.45, 2.75) is 26.3 Å². The second kappa shape index (κ2) is 8.38. The zero-order chi connectivity index (χ0) is 10.1. The van der Waals surface area contributed by atoms with Gasteiger partial charge < -0.3 is 10.6 Å². The first-order valence-electron chi connectivity index (χ1n) is 4.72. The number of carbonyl (C=O) groups is 1. The minimum Gasteiger partial charge on any atom is -0.355 e. The lowest BCUT2D eigenvalue weighted by molar-refractivity contribution is -0.122. The Morgan fingerprint density at radius 3 is 2.69 bits per heavy atom. The Morgan fingerprint density at radius 2 is 2.15 bits per heavy atom. The van der Waals surface area contributed by atoms with Crippen LogP contribution in [-0.2, 0) is 4.79 Å². The van der Waals surface area contributed by atoms with Crippen molar-refractivity contribution in [3.05, 3.63) is 0 Å². The van der Waals surface area contributed by atoms with Crippen molar-refractivity contribution < 1.29 is 4.79 Å². The van der Waals surface area contributed by atoms with Crippen LogP contribution in [0.25, 0.3) is 0 Å². The van der Waals surface area contributed by atoms with Gasteiger partial charge in [-0.2, -0.15) is 11.8 Å². The summed E-state index contributed by atoms with van der Waals surface area (Å²) in [7, 11) is 0. The van der Waals surface area contributed by atoms with E-state index in [1.807, 2.05) is 13.8 Å². The Hall–Kier alpha value is -0.220. The molecule has 0 aromatic rings. The Bertz CT molecular complexity index is 142. The van der Waals surface area contributed by atoms with Crippen LogP contribution in [0.2, 0.25) is 0 Å². The molecule has 0 aliphatic rings. The lowest BCUT2D eigenvalue weighted by Gasteiger charge is -2.12. The highest BCUT2D eigenvalue weighted by Crippen LogP contribution is 1.89. The average Bonchev–Trinajstić information content (AvgIpc) is 2.14. The van der Waals surface area contributed by atoms with Crippen molar-refractivity contribution in [2.24, 2.45) is 0 Å². The molecule has 13 heavy (non-hydrogen) atoms. The maximum absolute atomic E-state index is 11.3. The number of hydrogen-bond donors (Lipinski definition) is 2. The monoisotopic (exact) mass is 204 g/mol. The molecule has 3 nitrogen and oxygen atoms in total. The van der Waals surface area contributed by atoms with Crippen LogP contribution >= 0.6 is 11.8 Å². The quantitative estimate of drug-likeness (QED) is 0.604. The highest BCUT2D eigenvalue weighted by molar-refractivity contribution is 7.98. The lowest BCUT2D eigenvalue weighted by atomic mass is 10.3. The first-order chi connectivity index (χ1) is 6.22. The molecule has 0 fully saturated rings. The molecule has 0 saturated heterocycles. The number of rotatable bonds is 7. The van der Waals surface area contributed by atoms with Crippen molar-refractivity contribution in [2.75, 3.05) is 25.1 Å². The summed E-state index contributed by atoms with van der Waals surface area (Å²) < 4.78 is 0. The van der Waals surface area contributed by atoms with E-state index in [1.165, 1.54) is 0 Å². The third-order valence-electron chi connectivity index (χ3n) is 1.70. The summed E-state index contributed by atoms with van der Waals surface area (Å²) in [6, 6.07) is -0.0706. The molecular weight excluding hydrogens is 184 g/mol. The van der Waals surface area contributed by atoms with Crippen LogP contribution in [0.4, 0.5) is 0 Å². The summed E-state index contributed by atoms with van der Waals surface area (Å²) >= 11 is 1.78. The summed E-state index contributed by atoms with van der Waals surface area (Å²) in [4.78, 5) is 11.3. The molecule has 0 radical (unpaired) electrons. The van der Waals surface area contributed by atoms with Crippen LogP contribution in [0.3, 0.4) is 0 Å². The highest BCUT2D eigenvalue weighted by Gasteiger charge is 2.09. The van der Waals surface area contributed by atoms with Crippen molar-refractivity contribution >= 4 is 17.7 Å². The van der Waals surface area contributed by atoms with Crippen LogP contribution in [-0.4, -0.2) is 37.0 Å². The molecule has 0 aromatic carbocycles. The summed E-state index contributed by atoms with van der Waals surface area (Å²) in [5.41, 5.74) is 0. The summed E-state index contributed by atoms with van der Waals surface area (Å²) in [6.45, 7) is 5.60. The molecule has 78 valence electrons. The van der Waals surface area contributed by atoms with E-state index in [-0.39, 0.29) is 11.9 Å². The topological polar surface area (TPSA) is 41.1 Å². The fourth-order valence-electron chi connectivity index (χ4n) is 0.871. The minimum atomic E-state index is -0.0706. The number of hydrogen-bond acceptors (Lipinski definition) is 3. The lowest BCUT2D eigenvalue weighted by Crippen LogP contribution is -2.43. The third-order valence-corrected chi connectivity index (χ3v) is 2.31. The van der Waals surface area contributed by atoms with E-state index in [2.05, 4.69) is 16.9 Å². The molecule has 1 atom stereocenters. The van der Waals surface area contributed by atoms with Gasteiger partial charge >= 0.3 is 0 Å². The van der Waals surface area contributed by atoms with E-state index in [1.54, 1.807) is 11.8 Å². The largest absolute Gasteiger partial charge is 0.355 e. The molecule has 0 aromatic heterocycles. The second-order valence-corrected chi connectivity index (χ2v) is 3.95. The molecule has 2 N–H and O–H groups in total. The fourth-order valence-corrected chi connectivity index (χ4v) is 1.19. The SMILES string of the molecule is CCCNC(=O)C(C)NCCSC. The van der Waals surface area contributed by atoms with Gasteiger partial charge in [0, 0.05) is 18.8 Å². The van der Waals surface area contributed by atoms with E-state index in [0.717, 1.165) is 25.3 Å². The zero-order valence-electron chi connectivity index (χ0n) is 8.72. The Labute approximate surface area is 85.0 Å². The molecule has 0 aliphatic carbocycles. The van der Waals surface area contributed by atoms with Gasteiger partial charge in [0.05, 0.1) is 6.04 Å². The van der Waals surface area contributed by atoms with Gasteiger partial charge in [0.25, 0.3) is 0 Å². The third kappa shape index (κ3) is 6.90. The molecule has 0 saturated carbocycles. The zero-order valence-corrected chi connectivity index (χ0v) is 9.54. The first kappa shape index (κ1) is 12.8. The molecular formula is C9H20N2OS. The molecule has 0 rings (SSSR count). The molecule has 1 unspecified atom stereocenters. The number of thioether (sulfide) groups is 1. The maximum atomic E-state index is 11.3. The predicted octanol–water partition coefficient (Wildman–Crippen LogP) is 0.854. The summed E-state index contributed by atoms with van der Waals surface area (Å²) in [5, 5.41) is 6.01. The van der Waals surface area contributed by atoms with E-state index >= 15 is 0 Å². The van der Waals surface area contributed by atoms with E-state index in [9.17, 15) is 4.79 Å². The van der Waals surface area contributed by atoms with Gasteiger partial charge in [-0.3, -0.25) is 4.79 Å². The predicted molar refractivity (Wildman–Crippen MR) is 59.1 cm³/mol. The number of carbonyl (C=O) groups excluding carboxylic acids is 1. The van der Waals surface area contributed by atoms with Crippen LogP contribution in [0.1, 0.15) is 20.3 Å². The van der Waals surface area contributed by atoms with Gasteiger partial charge in [0.1, 0.15) is 0 Å². The van der Waals surface area contributed by atoms with Gasteiger partial charge in [-0.25, -0.2) is 0 Å². The fraction of sp³-hybridized carbons (Fsp3) is 0.889. The molecule has 0 spiro atoms. The van der Waals surface area contributed by atoms with Gasteiger partial charge in [0.15, 0.2) is 0 Å². The van der Waals surface area contributed by atoms with Crippen LogP contribution < -0.4 is 10.6 Å². The van der Waals surface area contributed by atoms with Gasteiger partial charge in [0.2, 0.25) is 5.91 Å². The normalized spacial score (nSPS) is 12.5. The van der Waals surface area contributed by atoms with Crippen LogP contribution in [0.15, 0.2) is 0 Å². The maximum Gasteiger partial charge on any atom is 0.236 e. The highest BCUT2D eigenvalue weighted by atomic mass is 32.2. The second-order valence-electron chi connectivity index (χ2n) is 2.96. The molecule has 4 heteroatoms. The van der Waals surface area contributed by atoms with E-state index in [0.29, 0.717) is 0 Å². The average molecular weight is 204 g/mol. The minimum absolute atomic E-state index is 0.0706. The number of amides is 1. The first-order valence-corrected chi connectivity index (χ1v) is 6.11. The molecule has 0 aliphatic heterocycles. The Morgan fingerprint density at radius 1 is 1.46 bits per heavy atom. The Balaban J connectivity index is 3.45. The van der Waals surface area contributed by atoms with Crippen LogP contribution in [0.5, 0.6) is 0 Å². The van der Waals surface area contributed by atoms with Crippen molar-refractivity contribution in [3.8, 4) is 0 Å². The van der Waals surface area contributed by atoms with Crippen LogP contribution in [0, 0.1) is 0 Å². The van der Waals surface area contributed by atoms with Gasteiger partial charge in [-0.1, -0.05) is 6.92 Å². The van der Waals surface area contributed by atoms with Crippen molar-refractivity contribution in [1.82, 2.24) is 10.6 Å². The standard InChI is InChI=1S/C9H20N2OS/c1-4-5-11-9(12)8(2)10-6-7-13-3/h8,10H,4-7H2,1-3H3,(H,11,12). The van der Waals surface area contributed by atoms with Crippen molar-refractivity contribution in [3.63, 3.8) is 0 Å². The smallest absolute Gasteiger partial charge is 0.236 e. The van der Waals surface area contributed by atoms with Gasteiger partial charge in [-0.15, -0.1) is 0 Å². The molecule has 0 heterocycles. The summed E-state index contributed by atoms with van der Waals surface area (Å²) in [6.07, 6.45) is 3.05. The molecule has 1 amide bonds. The van der Waals surface area contributed by atoms with Gasteiger partial charge in [-0.05, 0) is 19.6 Å². The molecule has 0 bridgehead atoms. The summed E-state index contributed by atoms with van der Waals surface area (Å²) in [5.74, 6) is 1.15. The Kier molecular flexibility index (Phi) is 8.24.